The molecule has 0 fully saturated rings. The molecule has 5 nitrogen and oxygen atoms in total. The average Bonchev–Trinajstić information content (AvgIpc) is 2.11. The minimum atomic E-state index is -1.81. The topological polar surface area (TPSA) is 87.0 Å². The third-order valence-electron chi connectivity index (χ3n) is 2.02. The summed E-state index contributed by atoms with van der Waals surface area (Å²) in [6.45, 7) is 0. The van der Waals surface area contributed by atoms with Gasteiger partial charge in [0.1, 0.15) is 0 Å². The minimum Gasteiger partial charge on any atom is -0.467 e. The Hall–Kier alpha value is -0.910. The van der Waals surface area contributed by atoms with Crippen molar-refractivity contribution in [1.82, 2.24) is 0 Å². The summed E-state index contributed by atoms with van der Waals surface area (Å²) in [5, 5.41) is 27.8. The molecule has 1 aliphatic carbocycles. The van der Waals surface area contributed by atoms with Gasteiger partial charge in [-0.1, -0.05) is 6.08 Å². The van der Waals surface area contributed by atoms with Crippen LogP contribution in [0.2, 0.25) is 0 Å². The monoisotopic (exact) mass is 188 g/mol. The fraction of sp³-hybridized carbons (Fsp3) is 0.625. The van der Waals surface area contributed by atoms with Gasteiger partial charge in [0.15, 0.2) is 5.60 Å². The molecule has 3 atom stereocenters. The zero-order valence-electron chi connectivity index (χ0n) is 7.17. The second kappa shape index (κ2) is 3.45. The van der Waals surface area contributed by atoms with Crippen molar-refractivity contribution in [2.45, 2.75) is 24.2 Å². The maximum absolute atomic E-state index is 11.0. The molecule has 0 spiro atoms. The molecule has 0 radical (unpaired) electrons. The molecule has 3 N–H and O–H groups in total. The quantitative estimate of drug-likeness (QED) is 0.347. The van der Waals surface area contributed by atoms with Gasteiger partial charge in [0.05, 0.1) is 19.3 Å². The van der Waals surface area contributed by atoms with Crippen LogP contribution < -0.4 is 0 Å². The van der Waals surface area contributed by atoms with E-state index in [-0.39, 0.29) is 6.42 Å². The maximum Gasteiger partial charge on any atom is 0.342 e. The van der Waals surface area contributed by atoms with Crippen LogP contribution in [0.3, 0.4) is 0 Å². The Morgan fingerprint density at radius 1 is 1.62 bits per heavy atom. The third kappa shape index (κ3) is 1.88. The SMILES string of the molecule is COC(=O)[C@]1(O)C=C[C@@H](O)[C@H](O)C1. The van der Waals surface area contributed by atoms with E-state index < -0.39 is 23.8 Å². The molecule has 0 bridgehead atoms. The molecule has 0 unspecified atom stereocenters. The van der Waals surface area contributed by atoms with Crippen LogP contribution in [0.4, 0.5) is 0 Å². The highest BCUT2D eigenvalue weighted by molar-refractivity contribution is 5.82. The summed E-state index contributed by atoms with van der Waals surface area (Å²) in [6.07, 6.45) is -0.127. The number of rotatable bonds is 1. The Bertz CT molecular complexity index is 237. The summed E-state index contributed by atoms with van der Waals surface area (Å²) in [5.74, 6) is -0.838. The highest BCUT2D eigenvalue weighted by atomic mass is 16.5. The molecular weight excluding hydrogens is 176 g/mol. The summed E-state index contributed by atoms with van der Waals surface area (Å²) >= 11 is 0. The summed E-state index contributed by atoms with van der Waals surface area (Å²) in [6, 6.07) is 0. The lowest BCUT2D eigenvalue weighted by Gasteiger charge is -2.30. The van der Waals surface area contributed by atoms with E-state index in [0.717, 1.165) is 13.2 Å². The molecule has 0 aromatic heterocycles. The number of carbonyl (C=O) groups excluding carboxylic acids is 1. The van der Waals surface area contributed by atoms with E-state index in [1.54, 1.807) is 0 Å². The van der Waals surface area contributed by atoms with Crippen molar-refractivity contribution in [3.8, 4) is 0 Å². The first-order valence-corrected chi connectivity index (χ1v) is 3.86. The molecule has 1 aliphatic rings. The van der Waals surface area contributed by atoms with Gasteiger partial charge in [-0.25, -0.2) is 4.79 Å². The number of methoxy groups -OCH3 is 1. The van der Waals surface area contributed by atoms with Crippen molar-refractivity contribution in [3.63, 3.8) is 0 Å². The summed E-state index contributed by atoms with van der Waals surface area (Å²) < 4.78 is 4.34. The van der Waals surface area contributed by atoms with Crippen molar-refractivity contribution in [2.24, 2.45) is 0 Å². The van der Waals surface area contributed by atoms with Crippen LogP contribution in [0.15, 0.2) is 12.2 Å². The predicted octanol–water partition coefficient (Wildman–Crippen LogP) is -1.43. The molecule has 0 aliphatic heterocycles. The number of hydrogen-bond acceptors (Lipinski definition) is 5. The van der Waals surface area contributed by atoms with Crippen LogP contribution in [0.1, 0.15) is 6.42 Å². The van der Waals surface area contributed by atoms with Crippen molar-refractivity contribution in [1.29, 1.82) is 0 Å². The Morgan fingerprint density at radius 2 is 2.23 bits per heavy atom. The number of aliphatic hydroxyl groups is 3. The van der Waals surface area contributed by atoms with Crippen molar-refractivity contribution in [2.75, 3.05) is 7.11 Å². The first-order valence-electron chi connectivity index (χ1n) is 3.86. The molecular formula is C8H12O5. The van der Waals surface area contributed by atoms with Gasteiger partial charge in [-0.2, -0.15) is 0 Å². The Kier molecular flexibility index (Phi) is 2.70. The third-order valence-corrected chi connectivity index (χ3v) is 2.02. The molecule has 0 aromatic carbocycles. The Balaban J connectivity index is 2.83. The minimum absolute atomic E-state index is 0.253. The second-order valence-corrected chi connectivity index (χ2v) is 3.04. The standard InChI is InChI=1S/C8H12O5/c1-13-7(11)8(12)3-2-5(9)6(10)4-8/h2-3,5-6,9-10,12H,4H2,1H3/t5-,6-,8+/m1/s1. The molecule has 74 valence electrons. The highest BCUT2D eigenvalue weighted by Gasteiger charge is 2.41. The van der Waals surface area contributed by atoms with Crippen LogP contribution >= 0.6 is 0 Å². The van der Waals surface area contributed by atoms with Crippen molar-refractivity contribution < 1.29 is 24.9 Å². The van der Waals surface area contributed by atoms with E-state index in [9.17, 15) is 15.0 Å². The number of esters is 1. The van der Waals surface area contributed by atoms with Crippen LogP contribution in [0, 0.1) is 0 Å². The second-order valence-electron chi connectivity index (χ2n) is 3.04. The lowest BCUT2D eigenvalue weighted by Crippen LogP contribution is -2.46. The average molecular weight is 188 g/mol. The normalized spacial score (nSPS) is 38.8. The van der Waals surface area contributed by atoms with Crippen LogP contribution in [-0.4, -0.2) is 46.2 Å². The summed E-state index contributed by atoms with van der Waals surface area (Å²) in [5.41, 5.74) is -1.81. The maximum atomic E-state index is 11.0. The van der Waals surface area contributed by atoms with Gasteiger partial charge in [-0.05, 0) is 6.08 Å². The van der Waals surface area contributed by atoms with Gasteiger partial charge in [0, 0.05) is 6.42 Å². The Morgan fingerprint density at radius 3 is 2.69 bits per heavy atom. The lowest BCUT2D eigenvalue weighted by molar-refractivity contribution is -0.162. The van der Waals surface area contributed by atoms with Crippen molar-refractivity contribution in [3.05, 3.63) is 12.2 Å². The van der Waals surface area contributed by atoms with E-state index in [2.05, 4.69) is 4.74 Å². The van der Waals surface area contributed by atoms with E-state index in [4.69, 9.17) is 5.11 Å². The van der Waals surface area contributed by atoms with E-state index >= 15 is 0 Å². The van der Waals surface area contributed by atoms with E-state index in [1.807, 2.05) is 0 Å². The Labute approximate surface area is 75.3 Å². The highest BCUT2D eigenvalue weighted by Crippen LogP contribution is 2.23. The van der Waals surface area contributed by atoms with Gasteiger partial charge in [0.2, 0.25) is 0 Å². The zero-order chi connectivity index (χ0) is 10.1. The van der Waals surface area contributed by atoms with E-state index in [0.29, 0.717) is 0 Å². The zero-order valence-corrected chi connectivity index (χ0v) is 7.17. The van der Waals surface area contributed by atoms with E-state index in [1.165, 1.54) is 6.08 Å². The molecule has 5 heteroatoms. The van der Waals surface area contributed by atoms with Gasteiger partial charge in [0.25, 0.3) is 0 Å². The molecule has 0 amide bonds. The smallest absolute Gasteiger partial charge is 0.342 e. The largest absolute Gasteiger partial charge is 0.467 e. The van der Waals surface area contributed by atoms with Crippen LogP contribution in [0.25, 0.3) is 0 Å². The van der Waals surface area contributed by atoms with Gasteiger partial charge in [-0.15, -0.1) is 0 Å². The van der Waals surface area contributed by atoms with Gasteiger partial charge in [-0.3, -0.25) is 0 Å². The van der Waals surface area contributed by atoms with Gasteiger partial charge < -0.3 is 20.1 Å². The molecule has 0 saturated carbocycles. The molecule has 1 rings (SSSR count). The summed E-state index contributed by atoms with van der Waals surface area (Å²) in [4.78, 5) is 11.0. The van der Waals surface area contributed by atoms with Crippen LogP contribution in [-0.2, 0) is 9.53 Å². The first kappa shape index (κ1) is 10.2. The fourth-order valence-electron chi connectivity index (χ4n) is 1.22. The number of hydrogen-bond donors (Lipinski definition) is 3. The number of aliphatic hydroxyl groups excluding tert-OH is 2. The first-order chi connectivity index (χ1) is 5.99. The molecule has 0 saturated heterocycles. The molecule has 0 heterocycles. The number of ether oxygens (including phenoxy) is 1. The predicted molar refractivity (Wildman–Crippen MR) is 42.7 cm³/mol. The molecule has 0 aromatic rings. The number of carbonyl (C=O) groups is 1. The lowest BCUT2D eigenvalue weighted by atomic mass is 9.88. The summed E-state index contributed by atoms with van der Waals surface area (Å²) in [7, 11) is 1.14. The molecule has 13 heavy (non-hydrogen) atoms. The van der Waals surface area contributed by atoms with Crippen LogP contribution in [0.5, 0.6) is 0 Å². The fourth-order valence-corrected chi connectivity index (χ4v) is 1.22. The van der Waals surface area contributed by atoms with Crippen molar-refractivity contribution >= 4 is 5.97 Å². The van der Waals surface area contributed by atoms with Gasteiger partial charge >= 0.3 is 5.97 Å².